The van der Waals surface area contributed by atoms with Crippen LogP contribution in [0.2, 0.25) is 0 Å². The lowest BCUT2D eigenvalue weighted by Gasteiger charge is -2.25. The van der Waals surface area contributed by atoms with Gasteiger partial charge in [0.1, 0.15) is 5.01 Å². The molecule has 19 heavy (non-hydrogen) atoms. The molecule has 0 aliphatic carbocycles. The predicted octanol–water partition coefficient (Wildman–Crippen LogP) is 2.20. The van der Waals surface area contributed by atoms with Gasteiger partial charge in [-0.25, -0.2) is 4.98 Å². The third-order valence-electron chi connectivity index (χ3n) is 3.32. The van der Waals surface area contributed by atoms with Gasteiger partial charge in [-0.1, -0.05) is 13.3 Å². The summed E-state index contributed by atoms with van der Waals surface area (Å²) in [6.07, 6.45) is 5.35. The summed E-state index contributed by atoms with van der Waals surface area (Å²) in [4.78, 5) is 18.6. The molecule has 1 aliphatic rings. The van der Waals surface area contributed by atoms with Crippen molar-refractivity contribution in [3.05, 3.63) is 16.1 Å². The molecule has 2 heterocycles. The van der Waals surface area contributed by atoms with E-state index in [1.54, 1.807) is 11.3 Å². The molecule has 1 aromatic rings. The van der Waals surface area contributed by atoms with E-state index in [0.29, 0.717) is 6.42 Å². The van der Waals surface area contributed by atoms with E-state index in [1.807, 2.05) is 5.38 Å². The van der Waals surface area contributed by atoms with Crippen LogP contribution in [0.1, 0.15) is 43.3 Å². The molecule has 1 aromatic heterocycles. The van der Waals surface area contributed by atoms with Crippen LogP contribution >= 0.6 is 11.3 Å². The lowest BCUT2D eigenvalue weighted by molar-refractivity contribution is -0.120. The Hall–Kier alpha value is -0.940. The van der Waals surface area contributed by atoms with Crippen LogP contribution < -0.4 is 5.32 Å². The van der Waals surface area contributed by atoms with Crippen LogP contribution in [-0.4, -0.2) is 35.4 Å². The maximum atomic E-state index is 11.6. The van der Waals surface area contributed by atoms with E-state index in [-0.39, 0.29) is 5.91 Å². The average Bonchev–Trinajstić information content (AvgIpc) is 2.85. The molecule has 0 aromatic carbocycles. The molecule has 1 saturated heterocycles. The maximum Gasteiger partial charge on any atom is 0.226 e. The van der Waals surface area contributed by atoms with Crippen molar-refractivity contribution in [2.24, 2.45) is 0 Å². The van der Waals surface area contributed by atoms with Gasteiger partial charge in [-0.05, 0) is 32.4 Å². The predicted molar refractivity (Wildman–Crippen MR) is 78.2 cm³/mol. The van der Waals surface area contributed by atoms with Crippen LogP contribution in [0, 0.1) is 0 Å². The monoisotopic (exact) mass is 281 g/mol. The highest BCUT2D eigenvalue weighted by molar-refractivity contribution is 7.09. The number of amides is 1. The molecule has 0 saturated carbocycles. The number of nitrogens with zero attached hydrogens (tertiary/aromatic N) is 2. The Morgan fingerprint density at radius 3 is 2.95 bits per heavy atom. The highest BCUT2D eigenvalue weighted by Crippen LogP contribution is 2.16. The molecule has 0 atom stereocenters. The molecule has 1 aliphatic heterocycles. The van der Waals surface area contributed by atoms with Crippen molar-refractivity contribution >= 4 is 17.2 Å². The van der Waals surface area contributed by atoms with E-state index in [4.69, 9.17) is 0 Å². The Labute approximate surface area is 119 Å². The molecule has 106 valence electrons. The highest BCUT2D eigenvalue weighted by atomic mass is 32.1. The first-order chi connectivity index (χ1) is 9.28. The number of thiazole rings is 1. The molecular weight excluding hydrogens is 258 g/mol. The summed E-state index contributed by atoms with van der Waals surface area (Å²) in [5.41, 5.74) is 0.908. The van der Waals surface area contributed by atoms with Crippen LogP contribution in [0.3, 0.4) is 0 Å². The lowest BCUT2D eigenvalue weighted by atomic mass is 10.1. The first-order valence-electron chi connectivity index (χ1n) is 7.20. The number of aromatic nitrogens is 1. The zero-order chi connectivity index (χ0) is 13.5. The van der Waals surface area contributed by atoms with E-state index >= 15 is 0 Å². The second kappa shape index (κ2) is 7.60. The summed E-state index contributed by atoms with van der Waals surface area (Å²) < 4.78 is 0. The summed E-state index contributed by atoms with van der Waals surface area (Å²) in [7, 11) is 0. The second-order valence-electron chi connectivity index (χ2n) is 5.10. The number of hydrogen-bond acceptors (Lipinski definition) is 4. The molecule has 2 rings (SSSR count). The minimum Gasteiger partial charge on any atom is -0.356 e. The number of nitrogens with one attached hydrogen (secondary N) is 1. The lowest BCUT2D eigenvalue weighted by Crippen LogP contribution is -2.29. The smallest absolute Gasteiger partial charge is 0.226 e. The van der Waals surface area contributed by atoms with Gasteiger partial charge in [0, 0.05) is 11.9 Å². The fraction of sp³-hybridized carbons (Fsp3) is 0.714. The molecule has 0 unspecified atom stereocenters. The van der Waals surface area contributed by atoms with Gasteiger partial charge in [0.05, 0.1) is 18.7 Å². The van der Waals surface area contributed by atoms with Crippen molar-refractivity contribution in [3.63, 3.8) is 0 Å². The van der Waals surface area contributed by atoms with Crippen LogP contribution in [0.4, 0.5) is 0 Å². The first-order valence-corrected chi connectivity index (χ1v) is 8.08. The number of rotatable bonds is 6. The highest BCUT2D eigenvalue weighted by Gasteiger charge is 2.13. The van der Waals surface area contributed by atoms with Gasteiger partial charge >= 0.3 is 0 Å². The fourth-order valence-electron chi connectivity index (χ4n) is 2.30. The molecule has 0 radical (unpaired) electrons. The molecule has 5 heteroatoms. The van der Waals surface area contributed by atoms with Crippen molar-refractivity contribution in [3.8, 4) is 0 Å². The van der Waals surface area contributed by atoms with Gasteiger partial charge in [-0.15, -0.1) is 11.3 Å². The van der Waals surface area contributed by atoms with Crippen LogP contribution in [0.15, 0.2) is 5.38 Å². The molecule has 1 fully saturated rings. The summed E-state index contributed by atoms with van der Waals surface area (Å²) in [5, 5.41) is 6.04. The van der Waals surface area contributed by atoms with E-state index in [0.717, 1.165) is 30.2 Å². The Morgan fingerprint density at radius 2 is 2.21 bits per heavy atom. The standard InChI is InChI=1S/C14H23N3OS/c1-2-6-15-13(18)9-12-11-19-14(16-12)10-17-7-4-3-5-8-17/h11H,2-10H2,1H3,(H,15,18). The van der Waals surface area contributed by atoms with Gasteiger partial charge in [0.15, 0.2) is 0 Å². The Morgan fingerprint density at radius 1 is 1.42 bits per heavy atom. The third kappa shape index (κ3) is 4.91. The summed E-state index contributed by atoms with van der Waals surface area (Å²) in [5.74, 6) is 0.0803. The van der Waals surface area contributed by atoms with Gasteiger partial charge in [0.25, 0.3) is 0 Å². The Bertz CT molecular complexity index is 399. The quantitative estimate of drug-likeness (QED) is 0.869. The van der Waals surface area contributed by atoms with E-state index < -0.39 is 0 Å². The van der Waals surface area contributed by atoms with E-state index in [9.17, 15) is 4.79 Å². The molecule has 0 spiro atoms. The van der Waals surface area contributed by atoms with Crippen LogP contribution in [0.5, 0.6) is 0 Å². The van der Waals surface area contributed by atoms with Crippen molar-refractivity contribution in [1.29, 1.82) is 0 Å². The van der Waals surface area contributed by atoms with Crippen molar-refractivity contribution in [2.75, 3.05) is 19.6 Å². The second-order valence-corrected chi connectivity index (χ2v) is 6.04. The zero-order valence-electron chi connectivity index (χ0n) is 11.7. The van der Waals surface area contributed by atoms with Gasteiger partial charge in [-0.2, -0.15) is 0 Å². The first kappa shape index (κ1) is 14.5. The van der Waals surface area contributed by atoms with Crippen molar-refractivity contribution in [2.45, 2.75) is 45.6 Å². The van der Waals surface area contributed by atoms with E-state index in [1.165, 1.54) is 32.4 Å². The molecular formula is C14H23N3OS. The van der Waals surface area contributed by atoms with Gasteiger partial charge in [-0.3, -0.25) is 9.69 Å². The van der Waals surface area contributed by atoms with Gasteiger partial charge in [0.2, 0.25) is 5.91 Å². The fourth-order valence-corrected chi connectivity index (χ4v) is 3.14. The van der Waals surface area contributed by atoms with Crippen LogP contribution in [0.25, 0.3) is 0 Å². The normalized spacial score (nSPS) is 16.5. The molecule has 4 nitrogen and oxygen atoms in total. The number of likely N-dealkylation sites (tertiary alicyclic amines) is 1. The largest absolute Gasteiger partial charge is 0.356 e. The number of hydrogen-bond donors (Lipinski definition) is 1. The average molecular weight is 281 g/mol. The summed E-state index contributed by atoms with van der Waals surface area (Å²) >= 11 is 1.68. The SMILES string of the molecule is CCCNC(=O)Cc1csc(CN2CCCCC2)n1. The minimum atomic E-state index is 0.0803. The molecule has 0 bridgehead atoms. The Balaban J connectivity index is 1.79. The summed E-state index contributed by atoms with van der Waals surface area (Å²) in [6, 6.07) is 0. The Kier molecular flexibility index (Phi) is 5.79. The van der Waals surface area contributed by atoms with Crippen molar-refractivity contribution in [1.82, 2.24) is 15.2 Å². The third-order valence-corrected chi connectivity index (χ3v) is 4.20. The summed E-state index contributed by atoms with van der Waals surface area (Å²) in [6.45, 7) is 6.13. The molecule has 1 N–H and O–H groups in total. The minimum absolute atomic E-state index is 0.0803. The number of piperidine rings is 1. The van der Waals surface area contributed by atoms with Crippen LogP contribution in [-0.2, 0) is 17.8 Å². The maximum absolute atomic E-state index is 11.6. The van der Waals surface area contributed by atoms with Crippen molar-refractivity contribution < 1.29 is 4.79 Å². The number of carbonyl (C=O) groups excluding carboxylic acids is 1. The van der Waals surface area contributed by atoms with Gasteiger partial charge < -0.3 is 5.32 Å². The zero-order valence-corrected chi connectivity index (χ0v) is 12.5. The molecule has 1 amide bonds. The topological polar surface area (TPSA) is 45.2 Å². The van der Waals surface area contributed by atoms with E-state index in [2.05, 4.69) is 22.1 Å². The number of carbonyl (C=O) groups is 1.